The summed E-state index contributed by atoms with van der Waals surface area (Å²) in [4.78, 5) is 17.5. The van der Waals surface area contributed by atoms with E-state index in [1.54, 1.807) is 26.8 Å². The topological polar surface area (TPSA) is 63.7 Å². The van der Waals surface area contributed by atoms with Crippen molar-refractivity contribution in [1.29, 1.82) is 0 Å². The number of carbonyl (C=O) groups excluding carboxylic acids is 1. The highest BCUT2D eigenvalue weighted by Gasteiger charge is 2.29. The fourth-order valence-corrected chi connectivity index (χ4v) is 2.42. The molecule has 1 atom stereocenters. The van der Waals surface area contributed by atoms with E-state index in [-0.39, 0.29) is 11.9 Å². The molecule has 0 spiro atoms. The molecule has 1 N–H and O–H groups in total. The van der Waals surface area contributed by atoms with Crippen LogP contribution in [0, 0.1) is 0 Å². The highest BCUT2D eigenvalue weighted by Crippen LogP contribution is 2.24. The lowest BCUT2D eigenvalue weighted by molar-refractivity contribution is -0.154. The van der Waals surface area contributed by atoms with Crippen molar-refractivity contribution in [2.75, 3.05) is 24.6 Å². The summed E-state index contributed by atoms with van der Waals surface area (Å²) >= 11 is 0. The first-order valence-corrected chi connectivity index (χ1v) is 7.92. The van der Waals surface area contributed by atoms with Crippen molar-refractivity contribution >= 4 is 11.8 Å². The van der Waals surface area contributed by atoms with E-state index in [9.17, 15) is 18.0 Å². The van der Waals surface area contributed by atoms with Crippen LogP contribution in [0.15, 0.2) is 18.3 Å². The number of carbonyl (C=O) groups is 1. The average Bonchev–Trinajstić information content (AvgIpc) is 2.91. The van der Waals surface area contributed by atoms with Crippen LogP contribution >= 0.6 is 0 Å². The van der Waals surface area contributed by atoms with Gasteiger partial charge in [-0.25, -0.2) is 9.78 Å². The van der Waals surface area contributed by atoms with Gasteiger partial charge in [0, 0.05) is 31.0 Å². The second-order valence-electron chi connectivity index (χ2n) is 6.83. The van der Waals surface area contributed by atoms with Gasteiger partial charge in [0.25, 0.3) is 0 Å². The molecule has 1 unspecified atom stereocenters. The Morgan fingerprint density at radius 3 is 2.76 bits per heavy atom. The molecule has 140 valence electrons. The molecule has 0 aliphatic carbocycles. The average molecular weight is 361 g/mol. The number of anilines is 1. The number of hydrogen-bond acceptors (Lipinski definition) is 5. The quantitative estimate of drug-likeness (QED) is 0.893. The summed E-state index contributed by atoms with van der Waals surface area (Å²) in [6.45, 7) is 5.16. The molecule has 1 aliphatic rings. The third-order valence-electron chi connectivity index (χ3n) is 3.38. The van der Waals surface area contributed by atoms with Gasteiger partial charge in [-0.2, -0.15) is 13.2 Å². The van der Waals surface area contributed by atoms with Gasteiger partial charge in [0.2, 0.25) is 5.88 Å². The number of alkyl halides is 3. The molecule has 1 fully saturated rings. The Labute approximate surface area is 144 Å². The lowest BCUT2D eigenvalue weighted by Gasteiger charge is -2.22. The Kier molecular flexibility index (Phi) is 5.64. The Hall–Kier alpha value is -2.19. The van der Waals surface area contributed by atoms with Crippen LogP contribution in [0.5, 0.6) is 5.88 Å². The fraction of sp³-hybridized carbons (Fsp3) is 0.625. The van der Waals surface area contributed by atoms with Gasteiger partial charge in [-0.05, 0) is 33.3 Å². The van der Waals surface area contributed by atoms with Crippen LogP contribution in [0.25, 0.3) is 0 Å². The van der Waals surface area contributed by atoms with Crippen molar-refractivity contribution in [3.63, 3.8) is 0 Å². The van der Waals surface area contributed by atoms with Crippen molar-refractivity contribution in [2.24, 2.45) is 0 Å². The Bertz CT molecular complexity index is 602. The summed E-state index contributed by atoms with van der Waals surface area (Å²) in [7, 11) is 0. The molecular formula is C16H22F3N3O3. The summed E-state index contributed by atoms with van der Waals surface area (Å²) < 4.78 is 46.5. The molecule has 0 saturated carbocycles. The van der Waals surface area contributed by atoms with Gasteiger partial charge in [0.05, 0.1) is 6.04 Å². The highest BCUT2D eigenvalue weighted by atomic mass is 19.4. The fourth-order valence-electron chi connectivity index (χ4n) is 2.42. The number of rotatable bonds is 4. The number of nitrogens with one attached hydrogen (secondary N) is 1. The number of amides is 1. The van der Waals surface area contributed by atoms with Gasteiger partial charge in [-0.1, -0.05) is 0 Å². The zero-order valence-corrected chi connectivity index (χ0v) is 14.4. The van der Waals surface area contributed by atoms with Crippen molar-refractivity contribution < 1.29 is 27.4 Å². The van der Waals surface area contributed by atoms with E-state index in [4.69, 9.17) is 4.74 Å². The molecule has 1 aromatic rings. The van der Waals surface area contributed by atoms with E-state index in [1.165, 1.54) is 12.3 Å². The predicted molar refractivity (Wildman–Crippen MR) is 85.8 cm³/mol. The molecule has 1 aliphatic heterocycles. The van der Waals surface area contributed by atoms with E-state index < -0.39 is 24.5 Å². The second-order valence-corrected chi connectivity index (χ2v) is 6.83. The van der Waals surface area contributed by atoms with Crippen LogP contribution in [0.1, 0.15) is 27.2 Å². The maximum atomic E-state index is 12.2. The first kappa shape index (κ1) is 19.1. The monoisotopic (exact) mass is 361 g/mol. The Morgan fingerprint density at radius 1 is 1.40 bits per heavy atom. The lowest BCUT2D eigenvalue weighted by Crippen LogP contribution is -2.40. The second kappa shape index (κ2) is 7.37. The van der Waals surface area contributed by atoms with Gasteiger partial charge < -0.3 is 19.7 Å². The first-order valence-electron chi connectivity index (χ1n) is 7.92. The lowest BCUT2D eigenvalue weighted by atomic mass is 10.2. The third-order valence-corrected chi connectivity index (χ3v) is 3.38. The molecule has 1 amide bonds. The molecule has 2 heterocycles. The number of pyridine rings is 1. The Morgan fingerprint density at radius 2 is 2.12 bits per heavy atom. The van der Waals surface area contributed by atoms with Crippen LogP contribution in [0.2, 0.25) is 0 Å². The van der Waals surface area contributed by atoms with Crippen LogP contribution < -0.4 is 15.0 Å². The summed E-state index contributed by atoms with van der Waals surface area (Å²) in [5.74, 6) is -0.0848. The van der Waals surface area contributed by atoms with Crippen LogP contribution in [-0.4, -0.2) is 48.6 Å². The summed E-state index contributed by atoms with van der Waals surface area (Å²) in [5, 5.41) is 2.80. The minimum absolute atomic E-state index is 0.0848. The van der Waals surface area contributed by atoms with Gasteiger partial charge in [-0.3, -0.25) is 0 Å². The van der Waals surface area contributed by atoms with E-state index in [0.29, 0.717) is 25.2 Å². The molecule has 1 saturated heterocycles. The Balaban J connectivity index is 1.90. The molecule has 0 aromatic carbocycles. The van der Waals surface area contributed by atoms with Crippen molar-refractivity contribution in [3.8, 4) is 5.88 Å². The minimum Gasteiger partial charge on any atom is -0.468 e. The molecule has 2 rings (SSSR count). The number of hydrogen-bond donors (Lipinski definition) is 1. The van der Waals surface area contributed by atoms with E-state index in [2.05, 4.69) is 15.0 Å². The van der Waals surface area contributed by atoms with E-state index in [0.717, 1.165) is 0 Å². The van der Waals surface area contributed by atoms with Gasteiger partial charge in [-0.15, -0.1) is 0 Å². The van der Waals surface area contributed by atoms with Gasteiger partial charge in [0.15, 0.2) is 6.61 Å². The predicted octanol–water partition coefficient (Wildman–Crippen LogP) is 3.13. The van der Waals surface area contributed by atoms with E-state index >= 15 is 0 Å². The van der Waals surface area contributed by atoms with Crippen molar-refractivity contribution in [3.05, 3.63) is 18.3 Å². The smallest absolute Gasteiger partial charge is 0.422 e. The zero-order chi connectivity index (χ0) is 18.7. The summed E-state index contributed by atoms with van der Waals surface area (Å²) in [6.07, 6.45) is -2.78. The maximum Gasteiger partial charge on any atom is 0.422 e. The SMILES string of the molecule is CC(C)(C)OC(=O)NC1CCN(c2ccnc(OCC(F)(F)F)c2)C1. The number of nitrogens with zero attached hydrogens (tertiary/aromatic N) is 2. The standard InChI is InChI=1S/C16H22F3N3O3/c1-15(2,3)25-14(23)21-11-5-7-22(9-11)12-4-6-20-13(8-12)24-10-16(17,18)19/h4,6,8,11H,5,7,9-10H2,1-3H3,(H,21,23). The molecule has 0 radical (unpaired) electrons. The maximum absolute atomic E-state index is 12.2. The van der Waals surface area contributed by atoms with Crippen LogP contribution in [0.4, 0.5) is 23.7 Å². The first-order chi connectivity index (χ1) is 11.5. The number of halogens is 3. The molecule has 6 nitrogen and oxygen atoms in total. The largest absolute Gasteiger partial charge is 0.468 e. The normalized spacial score (nSPS) is 18.2. The van der Waals surface area contributed by atoms with Gasteiger partial charge in [0.1, 0.15) is 5.60 Å². The molecular weight excluding hydrogens is 339 g/mol. The van der Waals surface area contributed by atoms with Crippen LogP contribution in [-0.2, 0) is 4.74 Å². The molecule has 0 bridgehead atoms. The summed E-state index contributed by atoms with van der Waals surface area (Å²) in [6, 6.07) is 3.06. The van der Waals surface area contributed by atoms with Crippen LogP contribution in [0.3, 0.4) is 0 Å². The minimum atomic E-state index is -4.41. The number of ether oxygens (including phenoxy) is 2. The zero-order valence-electron chi connectivity index (χ0n) is 14.4. The third kappa shape index (κ3) is 6.67. The van der Waals surface area contributed by atoms with Crippen molar-refractivity contribution in [1.82, 2.24) is 10.3 Å². The van der Waals surface area contributed by atoms with E-state index in [1.807, 2.05) is 4.90 Å². The number of alkyl carbamates (subject to hydrolysis) is 1. The molecule has 25 heavy (non-hydrogen) atoms. The van der Waals surface area contributed by atoms with Gasteiger partial charge >= 0.3 is 12.3 Å². The molecule has 1 aromatic heterocycles. The number of aromatic nitrogens is 1. The summed E-state index contributed by atoms with van der Waals surface area (Å²) in [5.41, 5.74) is 0.124. The van der Waals surface area contributed by atoms with Crippen molar-refractivity contribution in [2.45, 2.75) is 45.0 Å². The molecule has 9 heteroatoms. The highest BCUT2D eigenvalue weighted by molar-refractivity contribution is 5.68.